The standard InChI is InChI=1S/C22H22F3N3O2S/c1-30-14-21-6-7-27(20(29)19-3-2-8-31-19)11-16(21)12-28(13-21)17-5-4-15(10-26)18(9-17)22(23,24)25/h2-5,8-9,16H,6-7,11-14H2,1H3. The fourth-order valence-corrected chi connectivity index (χ4v) is 5.50. The van der Waals surface area contributed by atoms with Crippen LogP contribution in [0.25, 0.3) is 0 Å². The molecule has 2 fully saturated rings. The fraction of sp³-hybridized carbons (Fsp3) is 0.455. The number of halogens is 3. The molecule has 2 aliphatic rings. The highest BCUT2D eigenvalue weighted by molar-refractivity contribution is 7.12. The molecule has 2 unspecified atom stereocenters. The Labute approximate surface area is 182 Å². The molecule has 0 bridgehead atoms. The van der Waals surface area contributed by atoms with Gasteiger partial charge in [0, 0.05) is 50.3 Å². The molecule has 1 aromatic carbocycles. The van der Waals surface area contributed by atoms with E-state index in [0.717, 1.165) is 12.5 Å². The van der Waals surface area contributed by atoms with Gasteiger partial charge in [-0.25, -0.2) is 0 Å². The number of hydrogen-bond donors (Lipinski definition) is 0. The number of alkyl halides is 3. The maximum Gasteiger partial charge on any atom is 0.417 e. The van der Waals surface area contributed by atoms with E-state index < -0.39 is 11.7 Å². The van der Waals surface area contributed by atoms with Crippen LogP contribution in [0.2, 0.25) is 0 Å². The van der Waals surface area contributed by atoms with Gasteiger partial charge in [-0.1, -0.05) is 6.07 Å². The van der Waals surface area contributed by atoms with Crippen LogP contribution >= 0.6 is 11.3 Å². The minimum absolute atomic E-state index is 0.00259. The average Bonchev–Trinajstić information content (AvgIpc) is 3.40. The van der Waals surface area contributed by atoms with Crippen LogP contribution in [0, 0.1) is 22.7 Å². The Kier molecular flexibility index (Phi) is 5.71. The lowest BCUT2D eigenvalue weighted by Gasteiger charge is -2.42. The van der Waals surface area contributed by atoms with Gasteiger partial charge in [-0.15, -0.1) is 11.3 Å². The first-order valence-corrected chi connectivity index (χ1v) is 10.8. The third kappa shape index (κ3) is 4.02. The zero-order valence-electron chi connectivity index (χ0n) is 17.0. The number of likely N-dealkylation sites (tertiary alicyclic amines) is 1. The van der Waals surface area contributed by atoms with Gasteiger partial charge in [0.05, 0.1) is 28.7 Å². The number of amides is 1. The lowest BCUT2D eigenvalue weighted by Crippen LogP contribution is -2.50. The molecule has 3 heterocycles. The van der Waals surface area contributed by atoms with Gasteiger partial charge in [0.25, 0.3) is 5.91 Å². The first-order valence-electron chi connectivity index (χ1n) is 9.95. The van der Waals surface area contributed by atoms with Gasteiger partial charge >= 0.3 is 6.18 Å². The molecule has 2 atom stereocenters. The number of nitriles is 1. The van der Waals surface area contributed by atoms with E-state index in [1.54, 1.807) is 25.3 Å². The normalized spacial score (nSPS) is 23.5. The van der Waals surface area contributed by atoms with Crippen molar-refractivity contribution in [1.82, 2.24) is 4.90 Å². The molecule has 0 spiro atoms. The minimum atomic E-state index is -4.60. The molecule has 2 saturated heterocycles. The number of benzene rings is 1. The summed E-state index contributed by atoms with van der Waals surface area (Å²) in [5.74, 6) is 0.0762. The highest BCUT2D eigenvalue weighted by atomic mass is 32.1. The highest BCUT2D eigenvalue weighted by Gasteiger charge is 2.50. The lowest BCUT2D eigenvalue weighted by atomic mass is 9.73. The van der Waals surface area contributed by atoms with E-state index in [0.29, 0.717) is 43.4 Å². The summed E-state index contributed by atoms with van der Waals surface area (Å²) in [6.45, 7) is 2.69. The van der Waals surface area contributed by atoms with Crippen LogP contribution in [-0.2, 0) is 10.9 Å². The van der Waals surface area contributed by atoms with Crippen LogP contribution in [0.3, 0.4) is 0 Å². The zero-order valence-corrected chi connectivity index (χ0v) is 17.8. The van der Waals surface area contributed by atoms with Crippen LogP contribution in [-0.4, -0.2) is 50.7 Å². The third-order valence-corrected chi connectivity index (χ3v) is 7.24. The smallest absolute Gasteiger partial charge is 0.384 e. The van der Waals surface area contributed by atoms with Crippen LogP contribution in [0.1, 0.15) is 27.2 Å². The van der Waals surface area contributed by atoms with Gasteiger partial charge in [-0.3, -0.25) is 4.79 Å². The third-order valence-electron chi connectivity index (χ3n) is 6.38. The predicted octanol–water partition coefficient (Wildman–Crippen LogP) is 4.25. The van der Waals surface area contributed by atoms with Crippen molar-refractivity contribution in [3.05, 3.63) is 51.7 Å². The number of nitrogens with zero attached hydrogens (tertiary/aromatic N) is 3. The number of fused-ring (bicyclic) bond motifs is 1. The number of hydrogen-bond acceptors (Lipinski definition) is 5. The minimum Gasteiger partial charge on any atom is -0.384 e. The van der Waals surface area contributed by atoms with Crippen LogP contribution in [0.5, 0.6) is 0 Å². The summed E-state index contributed by atoms with van der Waals surface area (Å²) in [6.07, 6.45) is -3.87. The summed E-state index contributed by atoms with van der Waals surface area (Å²) in [6, 6.07) is 9.14. The quantitative estimate of drug-likeness (QED) is 0.700. The molecule has 4 rings (SSSR count). The average molecular weight is 449 g/mol. The summed E-state index contributed by atoms with van der Waals surface area (Å²) in [5.41, 5.74) is -1.09. The molecule has 2 aliphatic heterocycles. The number of rotatable bonds is 4. The molecule has 9 heteroatoms. The molecule has 1 amide bonds. The van der Waals surface area contributed by atoms with E-state index in [4.69, 9.17) is 10.00 Å². The molecular weight excluding hydrogens is 427 g/mol. The second-order valence-electron chi connectivity index (χ2n) is 8.19. The number of carbonyl (C=O) groups is 1. The van der Waals surface area contributed by atoms with Gasteiger partial charge in [0.2, 0.25) is 0 Å². The van der Waals surface area contributed by atoms with E-state index in [1.165, 1.54) is 17.4 Å². The van der Waals surface area contributed by atoms with Gasteiger partial charge in [0.1, 0.15) is 0 Å². The fourth-order valence-electron chi connectivity index (χ4n) is 4.80. The van der Waals surface area contributed by atoms with Crippen molar-refractivity contribution in [2.24, 2.45) is 11.3 Å². The number of methoxy groups -OCH3 is 1. The second kappa shape index (κ2) is 8.17. The Bertz CT molecular complexity index is 1000. The number of carbonyl (C=O) groups excluding carboxylic acids is 1. The van der Waals surface area contributed by atoms with Gasteiger partial charge in [0.15, 0.2) is 0 Å². The molecule has 1 aromatic heterocycles. The first-order chi connectivity index (χ1) is 14.8. The monoisotopic (exact) mass is 449 g/mol. The van der Waals surface area contributed by atoms with Crippen molar-refractivity contribution in [2.45, 2.75) is 12.6 Å². The van der Waals surface area contributed by atoms with E-state index in [2.05, 4.69) is 0 Å². The molecule has 0 radical (unpaired) electrons. The van der Waals surface area contributed by atoms with E-state index in [1.807, 2.05) is 21.2 Å². The van der Waals surface area contributed by atoms with Gasteiger partial charge < -0.3 is 14.5 Å². The van der Waals surface area contributed by atoms with Crippen molar-refractivity contribution in [3.63, 3.8) is 0 Å². The molecule has 5 nitrogen and oxygen atoms in total. The van der Waals surface area contributed by atoms with Gasteiger partial charge in [-0.2, -0.15) is 18.4 Å². The van der Waals surface area contributed by atoms with E-state index in [9.17, 15) is 18.0 Å². The Balaban J connectivity index is 1.60. The van der Waals surface area contributed by atoms with E-state index in [-0.39, 0.29) is 22.8 Å². The Morgan fingerprint density at radius 2 is 2.16 bits per heavy atom. The SMILES string of the molecule is COCC12CCN(C(=O)c3cccs3)CC1CN(c1ccc(C#N)c(C(F)(F)F)c1)C2. The first kappa shape index (κ1) is 21.7. The molecule has 0 N–H and O–H groups in total. The summed E-state index contributed by atoms with van der Waals surface area (Å²) in [7, 11) is 1.63. The van der Waals surface area contributed by atoms with Crippen LogP contribution in [0.15, 0.2) is 35.7 Å². The highest BCUT2D eigenvalue weighted by Crippen LogP contribution is 2.45. The molecule has 2 aromatic rings. The molecular formula is C22H22F3N3O2S. The summed E-state index contributed by atoms with van der Waals surface area (Å²) < 4.78 is 45.8. The zero-order chi connectivity index (χ0) is 22.2. The van der Waals surface area contributed by atoms with Crippen molar-refractivity contribution >= 4 is 22.9 Å². The Morgan fingerprint density at radius 3 is 2.81 bits per heavy atom. The van der Waals surface area contributed by atoms with Crippen LogP contribution in [0.4, 0.5) is 18.9 Å². The molecule has 0 saturated carbocycles. The largest absolute Gasteiger partial charge is 0.417 e. The van der Waals surface area contributed by atoms with E-state index >= 15 is 0 Å². The summed E-state index contributed by atoms with van der Waals surface area (Å²) in [4.78, 5) is 17.3. The topological polar surface area (TPSA) is 56.6 Å². The molecule has 164 valence electrons. The number of piperidine rings is 1. The molecule has 31 heavy (non-hydrogen) atoms. The Hall–Kier alpha value is -2.57. The second-order valence-corrected chi connectivity index (χ2v) is 9.14. The van der Waals surface area contributed by atoms with Crippen molar-refractivity contribution < 1.29 is 22.7 Å². The number of anilines is 1. The van der Waals surface area contributed by atoms with Crippen molar-refractivity contribution in [2.75, 3.05) is 44.8 Å². The molecule has 0 aliphatic carbocycles. The van der Waals surface area contributed by atoms with Crippen molar-refractivity contribution in [1.29, 1.82) is 5.26 Å². The van der Waals surface area contributed by atoms with Crippen molar-refractivity contribution in [3.8, 4) is 6.07 Å². The number of thiophene rings is 1. The van der Waals surface area contributed by atoms with Crippen LogP contribution < -0.4 is 4.90 Å². The van der Waals surface area contributed by atoms with Gasteiger partial charge in [-0.05, 0) is 36.1 Å². The maximum atomic E-state index is 13.4. The lowest BCUT2D eigenvalue weighted by molar-refractivity contribution is -0.137. The maximum absolute atomic E-state index is 13.4. The number of ether oxygens (including phenoxy) is 1. The predicted molar refractivity (Wildman–Crippen MR) is 111 cm³/mol. The summed E-state index contributed by atoms with van der Waals surface area (Å²) in [5, 5.41) is 10.9. The summed E-state index contributed by atoms with van der Waals surface area (Å²) >= 11 is 1.40. The Morgan fingerprint density at radius 1 is 1.35 bits per heavy atom.